The van der Waals surface area contributed by atoms with Crippen molar-refractivity contribution in [2.45, 2.75) is 66.4 Å². The number of anilines is 3. The molecule has 242 valence electrons. The number of hydrogen-bond donors (Lipinski definition) is 1. The van der Waals surface area contributed by atoms with Gasteiger partial charge in [0.2, 0.25) is 0 Å². The van der Waals surface area contributed by atoms with Crippen molar-refractivity contribution in [3.05, 3.63) is 61.3 Å². The van der Waals surface area contributed by atoms with Crippen LogP contribution in [0.4, 0.5) is 17.3 Å². The normalized spacial score (nSPS) is 14.5. The first-order chi connectivity index (χ1) is 22.1. The fourth-order valence-corrected chi connectivity index (χ4v) is 5.05. The Hall–Kier alpha value is -5.00. The van der Waals surface area contributed by atoms with E-state index in [-0.39, 0.29) is 11.6 Å². The predicted octanol–water partition coefficient (Wildman–Crippen LogP) is 6.98. The van der Waals surface area contributed by atoms with E-state index in [0.717, 1.165) is 47.9 Å². The van der Waals surface area contributed by atoms with Crippen LogP contribution in [0.3, 0.4) is 0 Å². The van der Waals surface area contributed by atoms with Gasteiger partial charge in [0.15, 0.2) is 23.0 Å². The largest absolute Gasteiger partial charge is 0.489 e. The lowest BCUT2D eigenvalue weighted by Gasteiger charge is -2.24. The van der Waals surface area contributed by atoms with Crippen LogP contribution < -0.4 is 19.7 Å². The van der Waals surface area contributed by atoms with Crippen molar-refractivity contribution in [3.8, 4) is 17.2 Å². The van der Waals surface area contributed by atoms with Crippen molar-refractivity contribution >= 4 is 40.0 Å². The molecule has 1 aromatic carbocycles. The number of nitrogens with one attached hydrogen (secondary N) is 1. The van der Waals surface area contributed by atoms with Gasteiger partial charge in [0, 0.05) is 49.9 Å². The minimum Gasteiger partial charge on any atom is -0.489 e. The number of nitrogens with zero attached hydrogens (tertiary/aromatic N) is 7. The second-order valence-corrected chi connectivity index (χ2v) is 12.4. The molecule has 0 radical (unpaired) electrons. The molecule has 5 heterocycles. The summed E-state index contributed by atoms with van der Waals surface area (Å²) >= 11 is 0. The van der Waals surface area contributed by atoms with Gasteiger partial charge in [0.05, 0.1) is 12.1 Å². The van der Waals surface area contributed by atoms with E-state index in [9.17, 15) is 4.79 Å². The van der Waals surface area contributed by atoms with Crippen LogP contribution in [-0.2, 0) is 9.53 Å². The maximum atomic E-state index is 10.2. The average molecular weight is 627 g/mol. The van der Waals surface area contributed by atoms with Gasteiger partial charge in [0.25, 0.3) is 0 Å². The highest BCUT2D eigenvalue weighted by atomic mass is 16.6. The van der Waals surface area contributed by atoms with Crippen LogP contribution >= 0.6 is 0 Å². The third-order valence-electron chi connectivity index (χ3n) is 7.00. The van der Waals surface area contributed by atoms with Crippen LogP contribution in [0, 0.1) is 5.92 Å². The first-order valence-corrected chi connectivity index (χ1v) is 15.7. The molecule has 1 aliphatic heterocycles. The summed E-state index contributed by atoms with van der Waals surface area (Å²) in [6, 6.07) is 13.4. The molecule has 6 rings (SSSR count). The summed E-state index contributed by atoms with van der Waals surface area (Å²) < 4.78 is 18.6. The fourth-order valence-electron chi connectivity index (χ4n) is 5.05. The molecule has 5 aromatic rings. The minimum atomic E-state index is -0.328. The van der Waals surface area contributed by atoms with Gasteiger partial charge in [-0.3, -0.25) is 4.79 Å². The maximum absolute atomic E-state index is 10.2. The summed E-state index contributed by atoms with van der Waals surface area (Å²) in [6.45, 7) is 13.9. The molecule has 0 amide bonds. The molecule has 0 saturated carbocycles. The Balaban J connectivity index is 0.000000463. The molecule has 0 fully saturated rings. The maximum Gasteiger partial charge on any atom is 0.303 e. The molecule has 1 unspecified atom stereocenters. The summed E-state index contributed by atoms with van der Waals surface area (Å²) in [7, 11) is 0. The van der Waals surface area contributed by atoms with E-state index in [1.165, 1.54) is 26.1 Å². The van der Waals surface area contributed by atoms with Crippen LogP contribution in [0.5, 0.6) is 17.2 Å². The van der Waals surface area contributed by atoms with E-state index in [4.69, 9.17) is 19.2 Å². The average Bonchev–Trinajstić information content (AvgIpc) is 3.41. The summed E-state index contributed by atoms with van der Waals surface area (Å²) in [4.78, 5) is 30.8. The Morgan fingerprint density at radius 3 is 2.57 bits per heavy atom. The van der Waals surface area contributed by atoms with Crippen LogP contribution in [-0.4, -0.2) is 60.8 Å². The van der Waals surface area contributed by atoms with Crippen molar-refractivity contribution < 1.29 is 19.0 Å². The summed E-state index contributed by atoms with van der Waals surface area (Å²) in [6.07, 6.45) is 8.38. The Morgan fingerprint density at radius 2 is 1.85 bits per heavy atom. The van der Waals surface area contributed by atoms with Gasteiger partial charge in [-0.15, -0.1) is 0 Å². The number of aromatic nitrogens is 6. The molecule has 0 aliphatic carbocycles. The lowest BCUT2D eigenvalue weighted by atomic mass is 10.1. The van der Waals surface area contributed by atoms with Gasteiger partial charge in [-0.1, -0.05) is 26.7 Å². The number of esters is 1. The highest BCUT2D eigenvalue weighted by molar-refractivity contribution is 5.90. The number of ether oxygens (including phenoxy) is 3. The number of pyridine rings is 2. The Kier molecular flexibility index (Phi) is 10.1. The second kappa shape index (κ2) is 14.4. The number of rotatable bonds is 8. The number of unbranched alkanes of at least 4 members (excludes halogenated alkanes) is 2. The molecular weight excluding hydrogens is 584 g/mol. The van der Waals surface area contributed by atoms with Gasteiger partial charge in [-0.2, -0.15) is 5.10 Å². The van der Waals surface area contributed by atoms with Crippen molar-refractivity contribution in [1.82, 2.24) is 29.5 Å². The molecule has 1 aliphatic rings. The Labute approximate surface area is 269 Å². The molecule has 1 atom stereocenters. The number of carbonyl (C=O) groups is 1. The zero-order valence-electron chi connectivity index (χ0n) is 27.4. The van der Waals surface area contributed by atoms with E-state index in [2.05, 4.69) is 44.1 Å². The smallest absolute Gasteiger partial charge is 0.303 e. The van der Waals surface area contributed by atoms with Crippen LogP contribution in [0.2, 0.25) is 0 Å². The van der Waals surface area contributed by atoms with Crippen molar-refractivity contribution in [2.24, 2.45) is 5.92 Å². The van der Waals surface area contributed by atoms with Gasteiger partial charge in [-0.05, 0) is 57.5 Å². The first kappa shape index (κ1) is 32.4. The van der Waals surface area contributed by atoms with E-state index < -0.39 is 0 Å². The van der Waals surface area contributed by atoms with Crippen LogP contribution in [0.25, 0.3) is 16.7 Å². The predicted molar refractivity (Wildman–Crippen MR) is 178 cm³/mol. The highest BCUT2D eigenvalue weighted by Crippen LogP contribution is 2.35. The van der Waals surface area contributed by atoms with E-state index >= 15 is 0 Å². The summed E-state index contributed by atoms with van der Waals surface area (Å²) in [5.74, 6) is 3.89. The number of hydrogen-bond acceptors (Lipinski definition) is 11. The van der Waals surface area contributed by atoms with E-state index in [1.807, 2.05) is 69.4 Å². The van der Waals surface area contributed by atoms with Gasteiger partial charge >= 0.3 is 5.97 Å². The lowest BCUT2D eigenvalue weighted by Crippen LogP contribution is -2.30. The molecule has 0 saturated heterocycles. The van der Waals surface area contributed by atoms with Gasteiger partial charge in [-0.25, -0.2) is 24.5 Å². The number of fused-ring (bicyclic) bond motifs is 3. The third-order valence-corrected chi connectivity index (χ3v) is 7.00. The first-order valence-electron chi connectivity index (χ1n) is 15.7. The van der Waals surface area contributed by atoms with Crippen molar-refractivity contribution in [1.29, 1.82) is 0 Å². The van der Waals surface area contributed by atoms with E-state index in [1.54, 1.807) is 10.8 Å². The Morgan fingerprint density at radius 1 is 1.04 bits per heavy atom. The topological polar surface area (TPSA) is 129 Å². The number of benzene rings is 1. The molecule has 0 spiro atoms. The highest BCUT2D eigenvalue weighted by Gasteiger charge is 2.24. The fraction of sp³-hybridized carbons (Fsp3) is 0.412. The molecule has 0 bridgehead atoms. The van der Waals surface area contributed by atoms with Gasteiger partial charge in [0.1, 0.15) is 35.3 Å². The molecule has 12 heteroatoms. The monoisotopic (exact) mass is 626 g/mol. The number of carbonyl (C=O) groups excluding carboxylic acids is 1. The molecule has 1 N–H and O–H groups in total. The second-order valence-electron chi connectivity index (χ2n) is 12.4. The van der Waals surface area contributed by atoms with Crippen molar-refractivity contribution in [3.63, 3.8) is 0 Å². The zero-order valence-corrected chi connectivity index (χ0v) is 27.4. The molecule has 4 aromatic heterocycles. The zero-order chi connectivity index (χ0) is 32.7. The minimum absolute atomic E-state index is 0.225. The van der Waals surface area contributed by atoms with Crippen molar-refractivity contribution in [2.75, 3.05) is 29.9 Å². The van der Waals surface area contributed by atoms with Crippen LogP contribution in [0.1, 0.15) is 60.8 Å². The van der Waals surface area contributed by atoms with Gasteiger partial charge < -0.3 is 24.4 Å². The lowest BCUT2D eigenvalue weighted by molar-refractivity contribution is -0.151. The summed E-state index contributed by atoms with van der Waals surface area (Å²) in [5.41, 5.74) is 2.73. The quantitative estimate of drug-likeness (QED) is 0.141. The van der Waals surface area contributed by atoms with Crippen LogP contribution in [0.15, 0.2) is 61.3 Å². The standard InChI is InChI=1S/C28H30N8O2.C6H12O2/c1-3-4-5-11-35-15-19(2)16-37-24-14-23-26(34-28(24)35)27(31-17-29-23)33-20-6-8-21(9-7-20)38-22-10-12-36-25(13-22)30-18-32-36;1-5(7)8-6(2,3)4/h6-10,12-14,17-19H,3-5,11,15-16H2,1-2H3,(H,29,31,33);1-4H3. The molecule has 46 heavy (non-hydrogen) atoms. The molecular formula is C34H42N8O4. The Bertz CT molecular complexity index is 1770. The molecule has 12 nitrogen and oxygen atoms in total. The van der Waals surface area contributed by atoms with E-state index in [0.29, 0.717) is 35.4 Å². The SMILES string of the molecule is CC(=O)OC(C)(C)C.CCCCCN1CC(C)COc2cc3ncnc(Nc4ccc(Oc5ccn6ncnc6c5)cc4)c3nc21. The third kappa shape index (κ3) is 8.58. The summed E-state index contributed by atoms with van der Waals surface area (Å²) in [5, 5.41) is 7.52.